The molecule has 0 spiro atoms. The zero-order chi connectivity index (χ0) is 13.6. The van der Waals surface area contributed by atoms with Crippen LogP contribution in [-0.4, -0.2) is 12.1 Å². The first-order valence-corrected chi connectivity index (χ1v) is 6.40. The van der Waals surface area contributed by atoms with Gasteiger partial charge in [-0.1, -0.05) is 13.0 Å². The molecule has 1 unspecified atom stereocenters. The van der Waals surface area contributed by atoms with Crippen LogP contribution in [0.1, 0.15) is 37.3 Å². The maximum Gasteiger partial charge on any atom is 0.119 e. The first-order valence-electron chi connectivity index (χ1n) is 6.40. The van der Waals surface area contributed by atoms with Crippen molar-refractivity contribution in [3.63, 3.8) is 0 Å². The van der Waals surface area contributed by atoms with Crippen molar-refractivity contribution in [1.82, 2.24) is 0 Å². The van der Waals surface area contributed by atoms with Crippen LogP contribution in [0.2, 0.25) is 0 Å². The minimum absolute atomic E-state index is 0.601. The van der Waals surface area contributed by atoms with Gasteiger partial charge in [0.05, 0.1) is 12.7 Å². The molecule has 1 atom stereocenters. The number of hydrogen-bond donors (Lipinski definition) is 1. The van der Waals surface area contributed by atoms with E-state index >= 15 is 0 Å². The molecule has 98 valence electrons. The Bertz CT molecular complexity index is 416. The summed E-state index contributed by atoms with van der Waals surface area (Å²) in [5, 5.41) is 8.96. The number of aryl methyl sites for hydroxylation is 2. The summed E-state index contributed by atoms with van der Waals surface area (Å²) in [6, 6.07) is 8.32. The summed E-state index contributed by atoms with van der Waals surface area (Å²) >= 11 is 0. The third kappa shape index (κ3) is 4.38. The Kier molecular flexibility index (Phi) is 5.18. The quantitative estimate of drug-likeness (QED) is 0.785. The van der Waals surface area contributed by atoms with Gasteiger partial charge in [0.25, 0.3) is 0 Å². The van der Waals surface area contributed by atoms with Crippen molar-refractivity contribution in [2.75, 3.05) is 6.61 Å². The van der Waals surface area contributed by atoms with Gasteiger partial charge in [-0.05, 0) is 56.4 Å². The molecule has 0 amide bonds. The number of nitriles is 1. The van der Waals surface area contributed by atoms with E-state index in [1.807, 2.05) is 19.1 Å². The Morgan fingerprint density at radius 3 is 2.39 bits per heavy atom. The van der Waals surface area contributed by atoms with Gasteiger partial charge in [-0.2, -0.15) is 5.26 Å². The summed E-state index contributed by atoms with van der Waals surface area (Å²) in [6.45, 7) is 6.65. The van der Waals surface area contributed by atoms with Crippen LogP contribution >= 0.6 is 0 Å². The molecular formula is C15H22N2O. The summed E-state index contributed by atoms with van der Waals surface area (Å²) in [5.41, 5.74) is 7.60. The molecule has 1 aromatic carbocycles. The first-order chi connectivity index (χ1) is 8.49. The number of hydrogen-bond acceptors (Lipinski definition) is 3. The lowest BCUT2D eigenvalue weighted by atomic mass is 9.94. The average molecular weight is 246 g/mol. The fourth-order valence-electron chi connectivity index (χ4n) is 1.91. The lowest BCUT2D eigenvalue weighted by molar-refractivity contribution is 0.291. The average Bonchev–Trinajstić information content (AvgIpc) is 2.33. The van der Waals surface area contributed by atoms with Crippen LogP contribution < -0.4 is 10.5 Å². The van der Waals surface area contributed by atoms with Crippen molar-refractivity contribution < 1.29 is 4.74 Å². The van der Waals surface area contributed by atoms with Gasteiger partial charge >= 0.3 is 0 Å². The molecule has 3 heteroatoms. The normalized spacial score (nSPS) is 13.7. The molecule has 0 bridgehead atoms. The van der Waals surface area contributed by atoms with Gasteiger partial charge in [0, 0.05) is 0 Å². The van der Waals surface area contributed by atoms with E-state index < -0.39 is 5.54 Å². The largest absolute Gasteiger partial charge is 0.494 e. The van der Waals surface area contributed by atoms with E-state index in [-0.39, 0.29) is 0 Å². The highest BCUT2D eigenvalue weighted by molar-refractivity contribution is 5.32. The van der Waals surface area contributed by atoms with Crippen LogP contribution in [0, 0.1) is 25.2 Å². The molecule has 2 N–H and O–H groups in total. The summed E-state index contributed by atoms with van der Waals surface area (Å²) < 4.78 is 5.69. The molecule has 1 rings (SSSR count). The molecule has 0 aliphatic carbocycles. The summed E-state index contributed by atoms with van der Waals surface area (Å²) in [7, 11) is 0. The Balaban J connectivity index is 2.41. The number of nitrogens with zero attached hydrogens (tertiary/aromatic N) is 1. The number of rotatable bonds is 6. The number of ether oxygens (including phenoxy) is 1. The van der Waals surface area contributed by atoms with E-state index in [1.165, 1.54) is 11.1 Å². The molecule has 0 heterocycles. The van der Waals surface area contributed by atoms with Gasteiger partial charge in [-0.15, -0.1) is 0 Å². The molecule has 18 heavy (non-hydrogen) atoms. The van der Waals surface area contributed by atoms with Crippen molar-refractivity contribution in [2.45, 2.75) is 45.6 Å². The summed E-state index contributed by atoms with van der Waals surface area (Å²) in [5.74, 6) is 0.892. The molecule has 0 aromatic heterocycles. The molecule has 0 radical (unpaired) electrons. The van der Waals surface area contributed by atoms with Gasteiger partial charge < -0.3 is 10.5 Å². The van der Waals surface area contributed by atoms with E-state index in [1.54, 1.807) is 0 Å². The van der Waals surface area contributed by atoms with Crippen LogP contribution in [0.15, 0.2) is 18.2 Å². The maximum atomic E-state index is 8.96. The fraction of sp³-hybridized carbons (Fsp3) is 0.533. The lowest BCUT2D eigenvalue weighted by Gasteiger charge is -2.19. The predicted molar refractivity (Wildman–Crippen MR) is 73.5 cm³/mol. The van der Waals surface area contributed by atoms with Crippen molar-refractivity contribution in [1.29, 1.82) is 5.26 Å². The molecule has 3 nitrogen and oxygen atoms in total. The number of nitrogens with two attached hydrogens (primary N) is 1. The highest BCUT2D eigenvalue weighted by atomic mass is 16.5. The molecule has 1 aromatic rings. The van der Waals surface area contributed by atoms with E-state index in [4.69, 9.17) is 15.7 Å². The van der Waals surface area contributed by atoms with Gasteiger partial charge in [-0.25, -0.2) is 0 Å². The van der Waals surface area contributed by atoms with Gasteiger partial charge in [0.1, 0.15) is 11.3 Å². The molecule has 0 saturated heterocycles. The van der Waals surface area contributed by atoms with E-state index in [2.05, 4.69) is 26.0 Å². The zero-order valence-corrected chi connectivity index (χ0v) is 11.5. The van der Waals surface area contributed by atoms with Gasteiger partial charge in [0.15, 0.2) is 0 Å². The predicted octanol–water partition coefficient (Wildman–Crippen LogP) is 3.09. The first kappa shape index (κ1) is 14.5. The molecule has 0 aliphatic heterocycles. The standard InChI is InChI=1S/C15H22N2O/c1-4-15(17,11-16)6-5-7-18-14-9-12(2)8-13(3)10-14/h8-10H,4-7,17H2,1-3H3. The summed E-state index contributed by atoms with van der Waals surface area (Å²) in [4.78, 5) is 0. The third-order valence-corrected chi connectivity index (χ3v) is 3.08. The Morgan fingerprint density at radius 1 is 1.28 bits per heavy atom. The fourth-order valence-corrected chi connectivity index (χ4v) is 1.91. The van der Waals surface area contributed by atoms with E-state index in [9.17, 15) is 0 Å². The van der Waals surface area contributed by atoms with Crippen molar-refractivity contribution in [3.05, 3.63) is 29.3 Å². The Labute approximate surface area is 110 Å². The zero-order valence-electron chi connectivity index (χ0n) is 11.5. The highest BCUT2D eigenvalue weighted by Crippen LogP contribution is 2.18. The molecular weight excluding hydrogens is 224 g/mol. The highest BCUT2D eigenvalue weighted by Gasteiger charge is 2.20. The molecule has 0 saturated carbocycles. The Morgan fingerprint density at radius 2 is 1.89 bits per heavy atom. The van der Waals surface area contributed by atoms with Crippen LogP contribution in [-0.2, 0) is 0 Å². The van der Waals surface area contributed by atoms with Crippen LogP contribution in [0.3, 0.4) is 0 Å². The maximum absolute atomic E-state index is 8.96. The van der Waals surface area contributed by atoms with Crippen molar-refractivity contribution in [2.24, 2.45) is 5.73 Å². The lowest BCUT2D eigenvalue weighted by Crippen LogP contribution is -2.37. The molecule has 0 aliphatic rings. The van der Waals surface area contributed by atoms with Crippen molar-refractivity contribution in [3.8, 4) is 11.8 Å². The van der Waals surface area contributed by atoms with Gasteiger partial charge in [0.2, 0.25) is 0 Å². The Hall–Kier alpha value is -1.53. The topological polar surface area (TPSA) is 59.0 Å². The second-order valence-corrected chi connectivity index (χ2v) is 4.90. The van der Waals surface area contributed by atoms with Crippen LogP contribution in [0.5, 0.6) is 5.75 Å². The minimum Gasteiger partial charge on any atom is -0.494 e. The molecule has 0 fully saturated rings. The van der Waals surface area contributed by atoms with E-state index in [0.717, 1.165) is 12.2 Å². The van der Waals surface area contributed by atoms with Gasteiger partial charge in [-0.3, -0.25) is 0 Å². The smallest absolute Gasteiger partial charge is 0.119 e. The van der Waals surface area contributed by atoms with Crippen LogP contribution in [0.25, 0.3) is 0 Å². The minimum atomic E-state index is -0.702. The third-order valence-electron chi connectivity index (χ3n) is 3.08. The monoisotopic (exact) mass is 246 g/mol. The summed E-state index contributed by atoms with van der Waals surface area (Å²) in [6.07, 6.45) is 2.14. The second-order valence-electron chi connectivity index (χ2n) is 4.90. The van der Waals surface area contributed by atoms with Crippen LogP contribution in [0.4, 0.5) is 0 Å². The van der Waals surface area contributed by atoms with E-state index in [0.29, 0.717) is 19.4 Å². The SMILES string of the molecule is CCC(N)(C#N)CCCOc1cc(C)cc(C)c1. The second kappa shape index (κ2) is 6.42. The van der Waals surface area contributed by atoms with Crippen molar-refractivity contribution >= 4 is 0 Å². The number of benzene rings is 1.